The second-order valence-electron chi connectivity index (χ2n) is 5.03. The van der Waals surface area contributed by atoms with Crippen molar-refractivity contribution in [2.75, 3.05) is 6.54 Å². The Morgan fingerprint density at radius 3 is 2.55 bits per heavy atom. The van der Waals surface area contributed by atoms with E-state index in [1.54, 1.807) is 30.0 Å². The molecule has 0 fully saturated rings. The van der Waals surface area contributed by atoms with E-state index in [4.69, 9.17) is 0 Å². The number of hydrogen-bond acceptors (Lipinski definition) is 4. The summed E-state index contributed by atoms with van der Waals surface area (Å²) < 4.78 is 26.5. The van der Waals surface area contributed by atoms with Crippen molar-refractivity contribution in [1.29, 1.82) is 0 Å². The van der Waals surface area contributed by atoms with Crippen LogP contribution in [0.5, 0.6) is 0 Å². The van der Waals surface area contributed by atoms with Gasteiger partial charge in [0, 0.05) is 15.7 Å². The maximum Gasteiger partial charge on any atom is 0.263 e. The monoisotopic (exact) mass is 332 g/mol. The van der Waals surface area contributed by atoms with Gasteiger partial charge >= 0.3 is 0 Å². The topological polar surface area (TPSA) is 58.5 Å². The number of sulfonamides is 1. The average molecular weight is 332 g/mol. The summed E-state index contributed by atoms with van der Waals surface area (Å²) in [5.41, 5.74) is 0.652. The Hall–Kier alpha value is -1.79. The molecule has 0 spiro atoms. The van der Waals surface area contributed by atoms with Crippen LogP contribution in [0.2, 0.25) is 0 Å². The summed E-state index contributed by atoms with van der Waals surface area (Å²) in [6, 6.07) is 17.0. The molecule has 0 saturated carbocycles. The summed E-state index contributed by atoms with van der Waals surface area (Å²) in [5, 5.41) is 0.257. The third-order valence-electron chi connectivity index (χ3n) is 3.25. The molecule has 1 N–H and O–H groups in total. The molecule has 22 heavy (non-hydrogen) atoms. The molecular formula is C16H16N2O2S2. The fourth-order valence-electron chi connectivity index (χ4n) is 2.24. The number of aliphatic imine (C=N–C) groups is 1. The Kier molecular flexibility index (Phi) is 4.22. The molecule has 0 radical (unpaired) electrons. The molecule has 6 heteroatoms. The predicted molar refractivity (Wildman–Crippen MR) is 89.9 cm³/mol. The van der Waals surface area contributed by atoms with E-state index in [0.717, 1.165) is 0 Å². The number of fused-ring (bicyclic) bond motifs is 1. The number of rotatable bonds is 4. The van der Waals surface area contributed by atoms with Crippen LogP contribution in [0.3, 0.4) is 0 Å². The van der Waals surface area contributed by atoms with Crippen molar-refractivity contribution < 1.29 is 8.42 Å². The normalized spacial score (nSPS) is 18.7. The van der Waals surface area contributed by atoms with Gasteiger partial charge in [-0.25, -0.2) is 8.42 Å². The van der Waals surface area contributed by atoms with Gasteiger partial charge in [0.15, 0.2) is 0 Å². The van der Waals surface area contributed by atoms with E-state index in [1.807, 2.05) is 24.3 Å². The molecule has 1 aliphatic heterocycles. The summed E-state index contributed by atoms with van der Waals surface area (Å²) in [4.78, 5) is 5.95. The van der Waals surface area contributed by atoms with E-state index in [1.165, 1.54) is 4.90 Å². The Morgan fingerprint density at radius 2 is 1.77 bits per heavy atom. The molecule has 0 amide bonds. The fraction of sp³-hybridized carbons (Fsp3) is 0.188. The second-order valence-corrected chi connectivity index (χ2v) is 8.20. The van der Waals surface area contributed by atoms with Crippen LogP contribution in [0, 0.1) is 0 Å². The van der Waals surface area contributed by atoms with E-state index >= 15 is 0 Å². The SMILES string of the molecule is CC(CN=C1NS(=O)(=O)c2ccccc21)Sc1ccccc1. The minimum Gasteiger partial charge on any atom is -0.266 e. The van der Waals surface area contributed by atoms with Crippen LogP contribution >= 0.6 is 11.8 Å². The van der Waals surface area contributed by atoms with Crippen LogP contribution < -0.4 is 4.72 Å². The third-order valence-corrected chi connectivity index (χ3v) is 5.74. The average Bonchev–Trinajstić information content (AvgIpc) is 2.78. The standard InChI is InChI=1S/C16H16N2O2S2/c1-12(21-13-7-3-2-4-8-13)11-17-16-14-9-5-6-10-15(14)22(19,20)18-16/h2-10,12H,11H2,1H3,(H,17,18). The van der Waals surface area contributed by atoms with Crippen molar-refractivity contribution in [3.8, 4) is 0 Å². The lowest BCUT2D eigenvalue weighted by atomic mass is 10.2. The maximum absolute atomic E-state index is 12.0. The summed E-state index contributed by atoms with van der Waals surface area (Å²) in [5.74, 6) is 0.441. The van der Waals surface area contributed by atoms with Crippen LogP contribution in [0.25, 0.3) is 0 Å². The van der Waals surface area contributed by atoms with E-state index in [9.17, 15) is 8.42 Å². The highest BCUT2D eigenvalue weighted by Gasteiger charge is 2.30. The quantitative estimate of drug-likeness (QED) is 0.876. The van der Waals surface area contributed by atoms with Crippen molar-refractivity contribution >= 4 is 27.6 Å². The van der Waals surface area contributed by atoms with Crippen molar-refractivity contribution in [2.24, 2.45) is 4.99 Å². The first kappa shape index (κ1) is 15.1. The lowest BCUT2D eigenvalue weighted by Crippen LogP contribution is -2.23. The highest BCUT2D eigenvalue weighted by molar-refractivity contribution is 8.00. The Morgan fingerprint density at radius 1 is 1.09 bits per heavy atom. The smallest absolute Gasteiger partial charge is 0.263 e. The Balaban J connectivity index is 1.74. The van der Waals surface area contributed by atoms with Gasteiger partial charge < -0.3 is 0 Å². The molecule has 0 aromatic heterocycles. The van der Waals surface area contributed by atoms with E-state index < -0.39 is 10.0 Å². The van der Waals surface area contributed by atoms with Crippen LogP contribution in [0.4, 0.5) is 0 Å². The summed E-state index contributed by atoms with van der Waals surface area (Å²) in [7, 11) is -3.45. The molecule has 1 heterocycles. The molecule has 4 nitrogen and oxygen atoms in total. The fourth-order valence-corrected chi connectivity index (χ4v) is 4.42. The van der Waals surface area contributed by atoms with Crippen molar-refractivity contribution in [2.45, 2.75) is 22.0 Å². The van der Waals surface area contributed by atoms with Crippen molar-refractivity contribution in [3.63, 3.8) is 0 Å². The molecule has 1 aliphatic rings. The third kappa shape index (κ3) is 3.18. The maximum atomic E-state index is 12.0. The van der Waals surface area contributed by atoms with Gasteiger partial charge in [-0.15, -0.1) is 11.8 Å². The molecule has 1 atom stereocenters. The highest BCUT2D eigenvalue weighted by atomic mass is 32.2. The van der Waals surface area contributed by atoms with E-state index in [0.29, 0.717) is 22.8 Å². The molecule has 2 aromatic carbocycles. The first-order valence-electron chi connectivity index (χ1n) is 6.94. The molecule has 0 aliphatic carbocycles. The molecule has 1 unspecified atom stereocenters. The summed E-state index contributed by atoms with van der Waals surface area (Å²) in [6.45, 7) is 2.63. The van der Waals surface area contributed by atoms with Gasteiger partial charge in [-0.3, -0.25) is 9.71 Å². The van der Waals surface area contributed by atoms with E-state index in [-0.39, 0.29) is 5.25 Å². The van der Waals surface area contributed by atoms with E-state index in [2.05, 4.69) is 28.8 Å². The lowest BCUT2D eigenvalue weighted by Gasteiger charge is -2.08. The zero-order valence-electron chi connectivity index (χ0n) is 12.1. The molecule has 2 aromatic rings. The molecular weight excluding hydrogens is 316 g/mol. The molecule has 0 bridgehead atoms. The number of thioether (sulfide) groups is 1. The minimum atomic E-state index is -3.45. The first-order chi connectivity index (χ1) is 10.6. The highest BCUT2D eigenvalue weighted by Crippen LogP contribution is 2.25. The van der Waals surface area contributed by atoms with Gasteiger partial charge in [0.25, 0.3) is 10.0 Å². The van der Waals surface area contributed by atoms with Gasteiger partial charge in [-0.1, -0.05) is 37.3 Å². The number of nitrogens with zero attached hydrogens (tertiary/aromatic N) is 1. The van der Waals surface area contributed by atoms with Gasteiger partial charge in [0.2, 0.25) is 0 Å². The van der Waals surface area contributed by atoms with Crippen LogP contribution in [0.1, 0.15) is 12.5 Å². The van der Waals surface area contributed by atoms with Crippen LogP contribution in [0.15, 0.2) is 69.4 Å². The van der Waals surface area contributed by atoms with Gasteiger partial charge in [0.1, 0.15) is 5.84 Å². The first-order valence-corrected chi connectivity index (χ1v) is 9.31. The minimum absolute atomic E-state index is 0.257. The van der Waals surface area contributed by atoms with Crippen LogP contribution in [-0.4, -0.2) is 26.0 Å². The van der Waals surface area contributed by atoms with Crippen LogP contribution in [-0.2, 0) is 10.0 Å². The molecule has 114 valence electrons. The van der Waals surface area contributed by atoms with Crippen molar-refractivity contribution in [3.05, 3.63) is 60.2 Å². The van der Waals surface area contributed by atoms with Crippen molar-refractivity contribution in [1.82, 2.24) is 4.72 Å². The lowest BCUT2D eigenvalue weighted by molar-refractivity contribution is 0.595. The summed E-state index contributed by atoms with van der Waals surface area (Å²) >= 11 is 1.72. The van der Waals surface area contributed by atoms with Gasteiger partial charge in [0.05, 0.1) is 11.4 Å². The largest absolute Gasteiger partial charge is 0.266 e. The molecule has 3 rings (SSSR count). The van der Waals surface area contributed by atoms with Gasteiger partial charge in [-0.2, -0.15) is 0 Å². The number of amidine groups is 1. The zero-order chi connectivity index (χ0) is 15.6. The summed E-state index contributed by atoms with van der Waals surface area (Å²) in [6.07, 6.45) is 0. The number of benzene rings is 2. The van der Waals surface area contributed by atoms with Gasteiger partial charge in [-0.05, 0) is 24.3 Å². The Labute approximate surface area is 134 Å². The predicted octanol–water partition coefficient (Wildman–Crippen LogP) is 2.91. The Bertz CT molecular complexity index is 802. The second kappa shape index (κ2) is 6.14. The zero-order valence-corrected chi connectivity index (χ0v) is 13.7. The number of nitrogens with one attached hydrogen (secondary N) is 1. The molecule has 0 saturated heterocycles. The number of hydrogen-bond donors (Lipinski definition) is 1.